The Bertz CT molecular complexity index is 477. The van der Waals surface area contributed by atoms with Crippen molar-refractivity contribution in [1.82, 2.24) is 0 Å². The van der Waals surface area contributed by atoms with Crippen LogP contribution in [-0.2, 0) is 16.6 Å². The minimum absolute atomic E-state index is 0.144. The van der Waals surface area contributed by atoms with E-state index in [-0.39, 0.29) is 5.56 Å². The molecule has 1 aromatic carbocycles. The number of aliphatic carboxylic acids is 1. The zero-order chi connectivity index (χ0) is 13.3. The molecule has 0 amide bonds. The molecular formula is C14H16F2O2. The van der Waals surface area contributed by atoms with E-state index in [0.717, 1.165) is 18.9 Å². The molecule has 0 saturated heterocycles. The maximum Gasteiger partial charge on any atom is 0.314 e. The molecule has 0 heterocycles. The molecule has 1 aromatic rings. The normalized spacial score (nSPS) is 17.9. The summed E-state index contributed by atoms with van der Waals surface area (Å²) in [7, 11) is 0. The Morgan fingerprint density at radius 2 is 1.89 bits per heavy atom. The van der Waals surface area contributed by atoms with Crippen LogP contribution in [0, 0.1) is 11.6 Å². The Balaban J connectivity index is 2.58. The van der Waals surface area contributed by atoms with E-state index in [1.54, 1.807) is 6.92 Å². The topological polar surface area (TPSA) is 37.3 Å². The SMILES string of the molecule is CCc1cc(C2(C(=O)O)CCCC2)c(F)cc1F. The van der Waals surface area contributed by atoms with Gasteiger partial charge in [-0.1, -0.05) is 19.8 Å². The van der Waals surface area contributed by atoms with E-state index in [9.17, 15) is 18.7 Å². The van der Waals surface area contributed by atoms with Crippen molar-refractivity contribution >= 4 is 5.97 Å². The lowest BCUT2D eigenvalue weighted by Crippen LogP contribution is -2.33. The number of carbonyl (C=O) groups is 1. The van der Waals surface area contributed by atoms with Crippen molar-refractivity contribution in [3.8, 4) is 0 Å². The number of carboxylic acids is 1. The molecular weight excluding hydrogens is 238 g/mol. The third-order valence-corrected chi connectivity index (χ3v) is 3.90. The van der Waals surface area contributed by atoms with Gasteiger partial charge in [0.2, 0.25) is 0 Å². The highest BCUT2D eigenvalue weighted by Crippen LogP contribution is 2.43. The molecule has 2 rings (SSSR count). The molecule has 4 heteroatoms. The number of halogens is 2. The van der Waals surface area contributed by atoms with E-state index >= 15 is 0 Å². The Labute approximate surface area is 105 Å². The summed E-state index contributed by atoms with van der Waals surface area (Å²) in [5.74, 6) is -2.35. The van der Waals surface area contributed by atoms with Gasteiger partial charge >= 0.3 is 5.97 Å². The summed E-state index contributed by atoms with van der Waals surface area (Å²) in [5.41, 5.74) is -0.647. The van der Waals surface area contributed by atoms with E-state index in [4.69, 9.17) is 0 Å². The van der Waals surface area contributed by atoms with Gasteiger partial charge in [0.05, 0.1) is 5.41 Å². The van der Waals surface area contributed by atoms with Gasteiger partial charge in [0.15, 0.2) is 0 Å². The Kier molecular flexibility index (Phi) is 3.37. The van der Waals surface area contributed by atoms with Gasteiger partial charge in [0, 0.05) is 11.6 Å². The average Bonchev–Trinajstić information content (AvgIpc) is 2.79. The fourth-order valence-electron chi connectivity index (χ4n) is 2.81. The first-order chi connectivity index (χ1) is 8.51. The molecule has 0 bridgehead atoms. The molecule has 1 saturated carbocycles. The number of aryl methyl sites for hydroxylation is 1. The van der Waals surface area contributed by atoms with Crippen molar-refractivity contribution in [2.45, 2.75) is 44.4 Å². The van der Waals surface area contributed by atoms with Crippen molar-refractivity contribution in [2.75, 3.05) is 0 Å². The standard InChI is InChI=1S/C14H16F2O2/c1-2-9-7-10(12(16)8-11(9)15)14(13(17)18)5-3-4-6-14/h7-8H,2-6H2,1H3,(H,17,18). The third-order valence-electron chi connectivity index (χ3n) is 3.90. The van der Waals surface area contributed by atoms with Crippen LogP contribution in [0.1, 0.15) is 43.7 Å². The number of hydrogen-bond donors (Lipinski definition) is 1. The highest BCUT2D eigenvalue weighted by Gasteiger charge is 2.44. The predicted octanol–water partition coefficient (Wildman–Crippen LogP) is 3.42. The van der Waals surface area contributed by atoms with Crippen LogP contribution in [0.4, 0.5) is 8.78 Å². The summed E-state index contributed by atoms with van der Waals surface area (Å²) in [6.45, 7) is 1.77. The van der Waals surface area contributed by atoms with Gasteiger partial charge in [-0.25, -0.2) is 8.78 Å². The quantitative estimate of drug-likeness (QED) is 0.897. The van der Waals surface area contributed by atoms with E-state index < -0.39 is 23.0 Å². The van der Waals surface area contributed by atoms with Crippen molar-refractivity contribution in [2.24, 2.45) is 0 Å². The van der Waals surface area contributed by atoms with Crippen molar-refractivity contribution in [3.63, 3.8) is 0 Å². The summed E-state index contributed by atoms with van der Waals surface area (Å²) >= 11 is 0. The maximum atomic E-state index is 13.9. The van der Waals surface area contributed by atoms with Crippen LogP contribution in [0.5, 0.6) is 0 Å². The molecule has 0 aromatic heterocycles. The number of hydrogen-bond acceptors (Lipinski definition) is 1. The fourth-order valence-corrected chi connectivity index (χ4v) is 2.81. The fraction of sp³-hybridized carbons (Fsp3) is 0.500. The van der Waals surface area contributed by atoms with Crippen LogP contribution >= 0.6 is 0 Å². The van der Waals surface area contributed by atoms with Gasteiger partial charge < -0.3 is 5.11 Å². The molecule has 0 unspecified atom stereocenters. The van der Waals surface area contributed by atoms with E-state index in [2.05, 4.69) is 0 Å². The highest BCUT2D eigenvalue weighted by molar-refractivity contribution is 5.82. The first kappa shape index (κ1) is 13.0. The van der Waals surface area contributed by atoms with Gasteiger partial charge in [-0.3, -0.25) is 4.79 Å². The minimum atomic E-state index is -1.16. The maximum absolute atomic E-state index is 13.9. The summed E-state index contributed by atoms with van der Waals surface area (Å²) < 4.78 is 27.4. The second-order valence-electron chi connectivity index (χ2n) is 4.87. The largest absolute Gasteiger partial charge is 0.481 e. The Hall–Kier alpha value is -1.45. The van der Waals surface area contributed by atoms with Gasteiger partial charge in [-0.2, -0.15) is 0 Å². The summed E-state index contributed by atoms with van der Waals surface area (Å²) in [6.07, 6.45) is 2.81. The summed E-state index contributed by atoms with van der Waals surface area (Å²) in [4.78, 5) is 11.5. The zero-order valence-electron chi connectivity index (χ0n) is 10.3. The van der Waals surface area contributed by atoms with Crippen LogP contribution in [0.25, 0.3) is 0 Å². The molecule has 98 valence electrons. The smallest absolute Gasteiger partial charge is 0.314 e. The summed E-state index contributed by atoms with van der Waals surface area (Å²) in [5, 5.41) is 9.41. The highest BCUT2D eigenvalue weighted by atomic mass is 19.1. The predicted molar refractivity (Wildman–Crippen MR) is 63.5 cm³/mol. The van der Waals surface area contributed by atoms with Gasteiger partial charge in [0.25, 0.3) is 0 Å². The van der Waals surface area contributed by atoms with Crippen LogP contribution < -0.4 is 0 Å². The first-order valence-electron chi connectivity index (χ1n) is 6.23. The van der Waals surface area contributed by atoms with Crippen LogP contribution in [0.2, 0.25) is 0 Å². The van der Waals surface area contributed by atoms with Gasteiger partial charge in [0.1, 0.15) is 11.6 Å². The molecule has 0 spiro atoms. The third kappa shape index (κ3) is 1.89. The lowest BCUT2D eigenvalue weighted by atomic mass is 9.78. The molecule has 1 fully saturated rings. The van der Waals surface area contributed by atoms with Crippen LogP contribution in [-0.4, -0.2) is 11.1 Å². The summed E-state index contributed by atoms with van der Waals surface area (Å²) in [6, 6.07) is 2.21. The number of rotatable bonds is 3. The van der Waals surface area contributed by atoms with Crippen LogP contribution in [0.15, 0.2) is 12.1 Å². The minimum Gasteiger partial charge on any atom is -0.481 e. The van der Waals surface area contributed by atoms with Crippen molar-refractivity contribution in [3.05, 3.63) is 34.9 Å². The zero-order valence-corrected chi connectivity index (χ0v) is 10.3. The second-order valence-corrected chi connectivity index (χ2v) is 4.87. The van der Waals surface area contributed by atoms with Crippen molar-refractivity contribution < 1.29 is 18.7 Å². The van der Waals surface area contributed by atoms with Gasteiger partial charge in [-0.05, 0) is 30.9 Å². The molecule has 0 aliphatic heterocycles. The number of benzene rings is 1. The molecule has 0 atom stereocenters. The molecule has 0 radical (unpaired) electrons. The molecule has 18 heavy (non-hydrogen) atoms. The van der Waals surface area contributed by atoms with E-state index in [0.29, 0.717) is 24.8 Å². The van der Waals surface area contributed by atoms with E-state index in [1.165, 1.54) is 6.07 Å². The monoisotopic (exact) mass is 254 g/mol. The average molecular weight is 254 g/mol. The molecule has 1 aliphatic rings. The lowest BCUT2D eigenvalue weighted by molar-refractivity contribution is -0.143. The first-order valence-corrected chi connectivity index (χ1v) is 6.23. The van der Waals surface area contributed by atoms with Crippen LogP contribution in [0.3, 0.4) is 0 Å². The lowest BCUT2D eigenvalue weighted by Gasteiger charge is -2.25. The van der Waals surface area contributed by atoms with Crippen molar-refractivity contribution in [1.29, 1.82) is 0 Å². The number of carboxylic acid groups (broad SMARTS) is 1. The molecule has 1 N–H and O–H groups in total. The Morgan fingerprint density at radius 3 is 2.39 bits per heavy atom. The molecule has 2 nitrogen and oxygen atoms in total. The van der Waals surface area contributed by atoms with Gasteiger partial charge in [-0.15, -0.1) is 0 Å². The van der Waals surface area contributed by atoms with E-state index in [1.807, 2.05) is 0 Å². The molecule has 1 aliphatic carbocycles. The second kappa shape index (κ2) is 4.67. The Morgan fingerprint density at radius 1 is 1.28 bits per heavy atom.